The third-order valence-corrected chi connectivity index (χ3v) is 5.50. The van der Waals surface area contributed by atoms with Crippen molar-refractivity contribution >= 4 is 28.6 Å². The molecule has 1 aromatic carbocycles. The molecule has 7 nitrogen and oxygen atoms in total. The number of benzene rings is 1. The molecule has 1 amide bonds. The normalized spacial score (nSPS) is 14.0. The van der Waals surface area contributed by atoms with E-state index in [1.165, 1.54) is 33.5 Å². The van der Waals surface area contributed by atoms with E-state index in [1.807, 2.05) is 6.26 Å². The molecule has 28 heavy (non-hydrogen) atoms. The number of hydrogen-bond acceptors (Lipinski definition) is 5. The number of carbonyl (C=O) groups is 1. The van der Waals surface area contributed by atoms with Gasteiger partial charge in [-0.05, 0) is 24.0 Å². The molecule has 4 rings (SSSR count). The molecule has 0 bridgehead atoms. The quantitative estimate of drug-likeness (QED) is 0.722. The second-order valence-corrected chi connectivity index (χ2v) is 7.63. The molecule has 0 radical (unpaired) electrons. The molecular weight excluding hydrogens is 383 g/mol. The first-order valence-electron chi connectivity index (χ1n) is 8.76. The average Bonchev–Trinajstić information content (AvgIpc) is 2.98. The fourth-order valence-corrected chi connectivity index (χ4v) is 4.02. The lowest BCUT2D eigenvalue weighted by Crippen LogP contribution is -2.37. The fraction of sp³-hybridized carbons (Fsp3) is 0.316. The number of thioether (sulfide) groups is 1. The van der Waals surface area contributed by atoms with E-state index in [0.29, 0.717) is 35.6 Å². The Morgan fingerprint density at radius 3 is 2.61 bits per heavy atom. The Balaban J connectivity index is 1.95. The van der Waals surface area contributed by atoms with Gasteiger partial charge in [0.2, 0.25) is 0 Å². The first-order chi connectivity index (χ1) is 13.4. The summed E-state index contributed by atoms with van der Waals surface area (Å²) in [4.78, 5) is 27.2. The van der Waals surface area contributed by atoms with Crippen LogP contribution in [0.4, 0.5) is 4.39 Å². The van der Waals surface area contributed by atoms with Crippen LogP contribution in [0.3, 0.4) is 0 Å². The predicted octanol–water partition coefficient (Wildman–Crippen LogP) is 2.04. The van der Waals surface area contributed by atoms with Crippen LogP contribution in [-0.2, 0) is 18.8 Å². The Bertz CT molecular complexity index is 1140. The Hall–Kier alpha value is -2.81. The summed E-state index contributed by atoms with van der Waals surface area (Å²) >= 11 is 1.54. The van der Waals surface area contributed by atoms with E-state index in [-0.39, 0.29) is 35.1 Å². The van der Waals surface area contributed by atoms with Crippen LogP contribution in [0.1, 0.15) is 21.7 Å². The van der Waals surface area contributed by atoms with Gasteiger partial charge in [0.1, 0.15) is 11.2 Å². The first kappa shape index (κ1) is 18.5. The van der Waals surface area contributed by atoms with Crippen LogP contribution in [0, 0.1) is 5.82 Å². The third-order valence-electron chi connectivity index (χ3n) is 4.94. The summed E-state index contributed by atoms with van der Waals surface area (Å²) in [7, 11) is 1.66. The standard InChI is InChI=1S/C19H19FN4O3S/c1-22-7-8-23-15-13(10-28-2)21-24(9-11-3-5-12(20)6-4-11)18(26)14(15)17(25)16(23)19(22)27/h3-6,25H,7-10H2,1-2H3. The van der Waals surface area contributed by atoms with Crippen molar-refractivity contribution in [2.75, 3.05) is 19.8 Å². The van der Waals surface area contributed by atoms with Gasteiger partial charge in [-0.25, -0.2) is 9.07 Å². The molecule has 0 atom stereocenters. The van der Waals surface area contributed by atoms with E-state index in [1.54, 1.807) is 23.7 Å². The van der Waals surface area contributed by atoms with Crippen molar-refractivity contribution in [2.24, 2.45) is 0 Å². The molecule has 2 aromatic heterocycles. The zero-order valence-corrected chi connectivity index (χ0v) is 16.3. The highest BCUT2D eigenvalue weighted by Crippen LogP contribution is 2.34. The van der Waals surface area contributed by atoms with Crippen molar-refractivity contribution in [3.8, 4) is 5.75 Å². The number of rotatable bonds is 4. The van der Waals surface area contributed by atoms with Gasteiger partial charge in [0.15, 0.2) is 11.4 Å². The minimum atomic E-state index is -0.473. The van der Waals surface area contributed by atoms with Crippen molar-refractivity contribution in [2.45, 2.75) is 18.8 Å². The molecule has 3 aromatic rings. The summed E-state index contributed by atoms with van der Waals surface area (Å²) in [6.45, 7) is 1.12. The van der Waals surface area contributed by atoms with Gasteiger partial charge in [-0.2, -0.15) is 16.9 Å². The van der Waals surface area contributed by atoms with E-state index >= 15 is 0 Å². The van der Waals surface area contributed by atoms with Crippen LogP contribution in [0.5, 0.6) is 5.75 Å². The van der Waals surface area contributed by atoms with E-state index in [9.17, 15) is 19.1 Å². The number of fused-ring (bicyclic) bond motifs is 3. The molecule has 1 aliphatic heterocycles. The van der Waals surface area contributed by atoms with E-state index in [2.05, 4.69) is 5.10 Å². The number of aromatic hydroxyl groups is 1. The SMILES string of the molecule is CSCc1nn(Cc2ccc(F)cc2)c(=O)c2c(O)c3n(c12)CCN(C)C3=O. The maximum atomic E-state index is 13.2. The van der Waals surface area contributed by atoms with Gasteiger partial charge in [-0.3, -0.25) is 9.59 Å². The molecule has 0 fully saturated rings. The molecule has 3 heterocycles. The Kier molecular flexibility index (Phi) is 4.62. The highest BCUT2D eigenvalue weighted by atomic mass is 32.2. The second kappa shape index (κ2) is 6.97. The molecular formula is C19H19FN4O3S. The monoisotopic (exact) mass is 402 g/mol. The lowest BCUT2D eigenvalue weighted by molar-refractivity contribution is 0.0747. The van der Waals surface area contributed by atoms with Crippen LogP contribution in [-0.4, -0.2) is 50.1 Å². The zero-order chi connectivity index (χ0) is 20.0. The third kappa shape index (κ3) is 2.86. The Morgan fingerprint density at radius 2 is 1.93 bits per heavy atom. The maximum Gasteiger partial charge on any atom is 0.280 e. The van der Waals surface area contributed by atoms with Gasteiger partial charge in [0.05, 0.1) is 17.8 Å². The van der Waals surface area contributed by atoms with Crippen molar-refractivity contribution in [1.29, 1.82) is 0 Å². The van der Waals surface area contributed by atoms with Crippen LogP contribution in [0.25, 0.3) is 10.9 Å². The van der Waals surface area contributed by atoms with Crippen LogP contribution in [0.15, 0.2) is 29.1 Å². The molecule has 1 aliphatic rings. The second-order valence-electron chi connectivity index (χ2n) is 6.77. The molecule has 0 aliphatic carbocycles. The fourth-order valence-electron chi connectivity index (χ4n) is 3.55. The van der Waals surface area contributed by atoms with E-state index in [0.717, 1.165) is 0 Å². The van der Waals surface area contributed by atoms with Crippen molar-refractivity contribution in [1.82, 2.24) is 19.2 Å². The van der Waals surface area contributed by atoms with Gasteiger partial charge in [-0.15, -0.1) is 0 Å². The van der Waals surface area contributed by atoms with Gasteiger partial charge < -0.3 is 14.6 Å². The molecule has 9 heteroatoms. The number of aromatic nitrogens is 3. The molecule has 0 unspecified atom stereocenters. The van der Waals surface area contributed by atoms with Crippen molar-refractivity contribution in [3.05, 3.63) is 57.4 Å². The van der Waals surface area contributed by atoms with E-state index in [4.69, 9.17) is 0 Å². The Labute approximate surface area is 164 Å². The summed E-state index contributed by atoms with van der Waals surface area (Å²) in [6.07, 6.45) is 1.92. The van der Waals surface area contributed by atoms with E-state index < -0.39 is 5.56 Å². The van der Waals surface area contributed by atoms with Crippen LogP contribution >= 0.6 is 11.8 Å². The Morgan fingerprint density at radius 1 is 1.21 bits per heavy atom. The summed E-state index contributed by atoms with van der Waals surface area (Å²) in [5.41, 5.74) is 1.51. The van der Waals surface area contributed by atoms with Crippen molar-refractivity contribution < 1.29 is 14.3 Å². The summed E-state index contributed by atoms with van der Waals surface area (Å²) in [6, 6.07) is 5.82. The van der Waals surface area contributed by atoms with Crippen LogP contribution in [0.2, 0.25) is 0 Å². The molecule has 0 saturated carbocycles. The predicted molar refractivity (Wildman–Crippen MR) is 105 cm³/mol. The molecule has 0 saturated heterocycles. The lowest BCUT2D eigenvalue weighted by atomic mass is 10.2. The smallest absolute Gasteiger partial charge is 0.280 e. The van der Waals surface area contributed by atoms with Gasteiger partial charge in [-0.1, -0.05) is 12.1 Å². The maximum absolute atomic E-state index is 13.2. The number of likely N-dealkylation sites (N-methyl/N-ethyl adjacent to an activating group) is 1. The first-order valence-corrected chi connectivity index (χ1v) is 10.2. The average molecular weight is 402 g/mol. The van der Waals surface area contributed by atoms with Crippen LogP contribution < -0.4 is 5.56 Å². The number of hydrogen-bond donors (Lipinski definition) is 1. The summed E-state index contributed by atoms with van der Waals surface area (Å²) in [5.74, 6) is -0.454. The molecule has 146 valence electrons. The number of halogens is 1. The highest BCUT2D eigenvalue weighted by molar-refractivity contribution is 7.97. The molecule has 1 N–H and O–H groups in total. The van der Waals surface area contributed by atoms with Gasteiger partial charge >= 0.3 is 0 Å². The summed E-state index contributed by atoms with van der Waals surface area (Å²) < 4.78 is 16.1. The lowest BCUT2D eigenvalue weighted by Gasteiger charge is -2.25. The minimum Gasteiger partial charge on any atom is -0.505 e. The number of carbonyl (C=O) groups excluding carboxylic acids is 1. The van der Waals surface area contributed by atoms with Gasteiger partial charge in [0.25, 0.3) is 11.5 Å². The largest absolute Gasteiger partial charge is 0.505 e. The zero-order valence-electron chi connectivity index (χ0n) is 15.5. The number of amides is 1. The number of nitrogens with zero attached hydrogens (tertiary/aromatic N) is 4. The molecule has 0 spiro atoms. The van der Waals surface area contributed by atoms with Gasteiger partial charge in [0, 0.05) is 25.9 Å². The minimum absolute atomic E-state index is 0.111. The topological polar surface area (TPSA) is 80.4 Å². The van der Waals surface area contributed by atoms with Crippen molar-refractivity contribution in [3.63, 3.8) is 0 Å². The summed E-state index contributed by atoms with van der Waals surface area (Å²) in [5, 5.41) is 15.4. The highest BCUT2D eigenvalue weighted by Gasteiger charge is 2.32.